The number of pyridine rings is 1. The van der Waals surface area contributed by atoms with E-state index in [0.29, 0.717) is 0 Å². The van der Waals surface area contributed by atoms with E-state index in [-0.39, 0.29) is 5.82 Å². The van der Waals surface area contributed by atoms with Crippen molar-refractivity contribution in [2.45, 2.75) is 19.9 Å². The lowest BCUT2D eigenvalue weighted by atomic mass is 10.00. The summed E-state index contributed by atoms with van der Waals surface area (Å²) in [6.45, 7) is 3.98. The lowest BCUT2D eigenvalue weighted by molar-refractivity contribution is 0.622. The molecule has 3 aromatic rings. The topological polar surface area (TPSA) is 37.8 Å². The molecule has 0 aliphatic carbocycles. The van der Waals surface area contributed by atoms with E-state index >= 15 is 0 Å². The van der Waals surface area contributed by atoms with Crippen LogP contribution < -0.4 is 5.32 Å². The van der Waals surface area contributed by atoms with Crippen LogP contribution in [-0.2, 0) is 13.0 Å². The van der Waals surface area contributed by atoms with Crippen LogP contribution in [0.1, 0.15) is 16.1 Å². The van der Waals surface area contributed by atoms with E-state index in [2.05, 4.69) is 23.3 Å². The maximum Gasteiger partial charge on any atom is 0.141 e. The summed E-state index contributed by atoms with van der Waals surface area (Å²) < 4.78 is 13.1. The van der Waals surface area contributed by atoms with Gasteiger partial charge < -0.3 is 5.32 Å². The van der Waals surface area contributed by atoms with Crippen molar-refractivity contribution in [1.82, 2.24) is 15.3 Å². The molecule has 0 radical (unpaired) electrons. The number of thiazole rings is 1. The average Bonchev–Trinajstić information content (AvgIpc) is 3.00. The Kier molecular flexibility index (Phi) is 3.67. The molecule has 1 N–H and O–H groups in total. The minimum atomic E-state index is -0.317. The molecule has 5 heteroatoms. The van der Waals surface area contributed by atoms with Crippen LogP contribution in [0.25, 0.3) is 21.8 Å². The second-order valence-corrected chi connectivity index (χ2v) is 6.74. The van der Waals surface area contributed by atoms with Gasteiger partial charge in [-0.2, -0.15) is 0 Å². The predicted octanol–water partition coefficient (Wildman–Crippen LogP) is 3.97. The van der Waals surface area contributed by atoms with Crippen molar-refractivity contribution < 1.29 is 4.39 Å². The van der Waals surface area contributed by atoms with Crippen LogP contribution in [0.4, 0.5) is 4.39 Å². The van der Waals surface area contributed by atoms with Crippen molar-refractivity contribution in [3.05, 3.63) is 58.5 Å². The number of rotatable bonds is 2. The maximum absolute atomic E-state index is 13.1. The van der Waals surface area contributed by atoms with Crippen LogP contribution in [0, 0.1) is 12.7 Å². The maximum atomic E-state index is 13.1. The highest BCUT2D eigenvalue weighted by Gasteiger charge is 2.17. The number of aromatic nitrogens is 2. The number of fused-ring (bicyclic) bond motifs is 1. The van der Waals surface area contributed by atoms with Gasteiger partial charge in [0.15, 0.2) is 0 Å². The quantitative estimate of drug-likeness (QED) is 0.775. The van der Waals surface area contributed by atoms with E-state index in [1.54, 1.807) is 17.4 Å². The third-order valence-electron chi connectivity index (χ3n) is 4.17. The summed E-state index contributed by atoms with van der Waals surface area (Å²) in [5.74, 6) is -0.317. The molecular formula is C18H16FN3S. The Morgan fingerprint density at radius 2 is 2.04 bits per heavy atom. The Bertz CT molecular complexity index is 832. The predicted molar refractivity (Wildman–Crippen MR) is 90.9 cm³/mol. The van der Waals surface area contributed by atoms with Crippen LogP contribution >= 0.6 is 11.3 Å². The summed E-state index contributed by atoms with van der Waals surface area (Å²) in [5.41, 5.74) is 5.29. The highest BCUT2D eigenvalue weighted by Crippen LogP contribution is 2.35. The van der Waals surface area contributed by atoms with E-state index in [4.69, 9.17) is 4.98 Å². The molecule has 116 valence electrons. The van der Waals surface area contributed by atoms with E-state index in [0.717, 1.165) is 46.9 Å². The van der Waals surface area contributed by atoms with Gasteiger partial charge in [-0.1, -0.05) is 18.2 Å². The first-order valence-electron chi connectivity index (χ1n) is 7.63. The highest BCUT2D eigenvalue weighted by atomic mass is 32.1. The lowest BCUT2D eigenvalue weighted by Gasteiger charge is -2.09. The van der Waals surface area contributed by atoms with Crippen molar-refractivity contribution in [2.75, 3.05) is 6.54 Å². The van der Waals surface area contributed by atoms with Gasteiger partial charge in [-0.05, 0) is 24.6 Å². The van der Waals surface area contributed by atoms with Gasteiger partial charge in [-0.3, -0.25) is 4.98 Å². The van der Waals surface area contributed by atoms with Crippen molar-refractivity contribution in [3.63, 3.8) is 0 Å². The van der Waals surface area contributed by atoms with Crippen LogP contribution in [0.3, 0.4) is 0 Å². The number of hydrogen-bond acceptors (Lipinski definition) is 4. The van der Waals surface area contributed by atoms with Gasteiger partial charge in [0, 0.05) is 35.5 Å². The second-order valence-electron chi connectivity index (χ2n) is 5.66. The SMILES string of the molecule is Cc1c(-c2ccc(F)cn2)cccc1-c1nc2c(s1)CNCC2. The van der Waals surface area contributed by atoms with Crippen LogP contribution in [0.2, 0.25) is 0 Å². The molecule has 1 aliphatic rings. The molecule has 0 bridgehead atoms. The summed E-state index contributed by atoms with van der Waals surface area (Å²) in [7, 11) is 0. The van der Waals surface area contributed by atoms with Crippen LogP contribution in [0.15, 0.2) is 36.5 Å². The average molecular weight is 325 g/mol. The first kappa shape index (κ1) is 14.5. The fourth-order valence-corrected chi connectivity index (χ4v) is 4.08. The number of benzene rings is 1. The molecule has 1 aromatic carbocycles. The van der Waals surface area contributed by atoms with E-state index in [1.807, 2.05) is 12.1 Å². The normalized spacial score (nSPS) is 13.8. The molecule has 0 amide bonds. The van der Waals surface area contributed by atoms with Gasteiger partial charge in [0.05, 0.1) is 17.6 Å². The summed E-state index contributed by atoms with van der Waals surface area (Å²) in [6.07, 6.45) is 2.25. The summed E-state index contributed by atoms with van der Waals surface area (Å²) in [4.78, 5) is 10.4. The molecule has 0 unspecified atom stereocenters. The molecule has 1 aliphatic heterocycles. The van der Waals surface area contributed by atoms with Gasteiger partial charge in [0.1, 0.15) is 10.8 Å². The summed E-state index contributed by atoms with van der Waals surface area (Å²) in [5, 5.41) is 4.44. The van der Waals surface area contributed by atoms with Gasteiger partial charge in [0.2, 0.25) is 0 Å². The first-order valence-corrected chi connectivity index (χ1v) is 8.45. The third kappa shape index (κ3) is 2.66. The van der Waals surface area contributed by atoms with E-state index in [1.165, 1.54) is 22.8 Å². The number of nitrogens with one attached hydrogen (secondary N) is 1. The lowest BCUT2D eigenvalue weighted by Crippen LogP contribution is -2.22. The van der Waals surface area contributed by atoms with Crippen LogP contribution in [-0.4, -0.2) is 16.5 Å². The van der Waals surface area contributed by atoms with Crippen molar-refractivity contribution in [1.29, 1.82) is 0 Å². The van der Waals surface area contributed by atoms with Gasteiger partial charge in [-0.25, -0.2) is 9.37 Å². The molecular weight excluding hydrogens is 309 g/mol. The highest BCUT2D eigenvalue weighted by molar-refractivity contribution is 7.15. The standard InChI is InChI=1S/C18H16FN3S/c1-11-13(15-6-5-12(19)9-21-15)3-2-4-14(11)18-22-16-7-8-20-10-17(16)23-18/h2-6,9,20H,7-8,10H2,1H3. The first-order chi connectivity index (χ1) is 11.2. The molecule has 0 saturated carbocycles. The smallest absolute Gasteiger partial charge is 0.141 e. The molecule has 0 spiro atoms. The molecule has 3 heterocycles. The molecule has 0 fully saturated rings. The Balaban J connectivity index is 1.79. The number of nitrogens with zero attached hydrogens (tertiary/aromatic N) is 2. The zero-order valence-electron chi connectivity index (χ0n) is 12.8. The number of halogens is 1. The minimum Gasteiger partial charge on any atom is -0.311 e. The monoisotopic (exact) mass is 325 g/mol. The van der Waals surface area contributed by atoms with E-state index in [9.17, 15) is 4.39 Å². The van der Waals surface area contributed by atoms with Gasteiger partial charge in [-0.15, -0.1) is 11.3 Å². The zero-order chi connectivity index (χ0) is 15.8. The molecule has 4 rings (SSSR count). The molecule has 23 heavy (non-hydrogen) atoms. The van der Waals surface area contributed by atoms with E-state index < -0.39 is 0 Å². The second kappa shape index (κ2) is 5.83. The third-order valence-corrected chi connectivity index (χ3v) is 5.30. The van der Waals surface area contributed by atoms with Crippen molar-refractivity contribution in [2.24, 2.45) is 0 Å². The minimum absolute atomic E-state index is 0.317. The molecule has 0 atom stereocenters. The summed E-state index contributed by atoms with van der Waals surface area (Å²) >= 11 is 1.75. The van der Waals surface area contributed by atoms with Gasteiger partial charge in [0.25, 0.3) is 0 Å². The van der Waals surface area contributed by atoms with Crippen LogP contribution in [0.5, 0.6) is 0 Å². The zero-order valence-corrected chi connectivity index (χ0v) is 13.6. The Labute approximate surface area is 138 Å². The largest absolute Gasteiger partial charge is 0.311 e. The Morgan fingerprint density at radius 3 is 2.83 bits per heavy atom. The Hall–Kier alpha value is -2.11. The number of hydrogen-bond donors (Lipinski definition) is 1. The van der Waals surface area contributed by atoms with Crippen molar-refractivity contribution >= 4 is 11.3 Å². The fourth-order valence-electron chi connectivity index (χ4n) is 2.92. The molecule has 2 aromatic heterocycles. The van der Waals surface area contributed by atoms with Crippen molar-refractivity contribution in [3.8, 4) is 21.8 Å². The summed E-state index contributed by atoms with van der Waals surface area (Å²) in [6, 6.07) is 9.30. The molecule has 3 nitrogen and oxygen atoms in total. The Morgan fingerprint density at radius 1 is 1.17 bits per heavy atom. The van der Waals surface area contributed by atoms with Gasteiger partial charge >= 0.3 is 0 Å². The fraction of sp³-hybridized carbons (Fsp3) is 0.222. The molecule has 0 saturated heterocycles.